The van der Waals surface area contributed by atoms with Crippen LogP contribution in [-0.4, -0.2) is 71.9 Å². The van der Waals surface area contributed by atoms with Gasteiger partial charge in [-0.05, 0) is 49.9 Å². The summed E-state index contributed by atoms with van der Waals surface area (Å²) in [5.74, 6) is 0.994. The highest BCUT2D eigenvalue weighted by Gasteiger charge is 2.28. The van der Waals surface area contributed by atoms with E-state index < -0.39 is 0 Å². The highest BCUT2D eigenvalue weighted by molar-refractivity contribution is 5.91. The summed E-state index contributed by atoms with van der Waals surface area (Å²) in [6.07, 6.45) is 1.93. The summed E-state index contributed by atoms with van der Waals surface area (Å²) in [4.78, 5) is 31.2. The smallest absolute Gasteiger partial charge is 0.317 e. The van der Waals surface area contributed by atoms with Crippen molar-refractivity contribution in [2.24, 2.45) is 0 Å². The number of nitrogens with zero attached hydrogens (tertiary/aromatic N) is 3. The van der Waals surface area contributed by atoms with Crippen molar-refractivity contribution in [3.63, 3.8) is 0 Å². The van der Waals surface area contributed by atoms with E-state index in [2.05, 4.69) is 41.4 Å². The van der Waals surface area contributed by atoms with E-state index in [4.69, 9.17) is 4.42 Å². The molecule has 2 aromatic rings. The van der Waals surface area contributed by atoms with Crippen LogP contribution < -0.4 is 5.32 Å². The van der Waals surface area contributed by atoms with Gasteiger partial charge in [0.05, 0.1) is 0 Å². The van der Waals surface area contributed by atoms with Crippen LogP contribution in [0.1, 0.15) is 40.3 Å². The first-order chi connectivity index (χ1) is 15.0. The summed E-state index contributed by atoms with van der Waals surface area (Å²) in [5.41, 5.74) is 2.71. The number of urea groups is 1. The highest BCUT2D eigenvalue weighted by atomic mass is 16.3. The lowest BCUT2D eigenvalue weighted by Gasteiger charge is -2.37. The van der Waals surface area contributed by atoms with Gasteiger partial charge >= 0.3 is 6.03 Å². The molecule has 0 spiro atoms. The van der Waals surface area contributed by atoms with Crippen LogP contribution in [0.25, 0.3) is 0 Å². The molecule has 7 heteroatoms. The summed E-state index contributed by atoms with van der Waals surface area (Å²) in [6.45, 7) is 9.08. The zero-order chi connectivity index (χ0) is 21.8. The molecule has 2 saturated heterocycles. The maximum Gasteiger partial charge on any atom is 0.317 e. The molecular weight excluding hydrogens is 392 g/mol. The topological polar surface area (TPSA) is 69.0 Å². The number of amides is 3. The Morgan fingerprint density at radius 2 is 1.61 bits per heavy atom. The van der Waals surface area contributed by atoms with Gasteiger partial charge in [-0.15, -0.1) is 0 Å². The van der Waals surface area contributed by atoms with Crippen LogP contribution in [0.2, 0.25) is 0 Å². The van der Waals surface area contributed by atoms with Gasteiger partial charge in [-0.2, -0.15) is 0 Å². The maximum absolute atomic E-state index is 12.7. The van der Waals surface area contributed by atoms with Crippen LogP contribution in [0.5, 0.6) is 0 Å². The molecule has 7 nitrogen and oxygen atoms in total. The first kappa shape index (κ1) is 21.4. The lowest BCUT2D eigenvalue weighted by molar-refractivity contribution is 0.0629. The van der Waals surface area contributed by atoms with Crippen LogP contribution in [0.3, 0.4) is 0 Å². The van der Waals surface area contributed by atoms with Crippen LogP contribution in [0.15, 0.2) is 40.8 Å². The zero-order valence-corrected chi connectivity index (χ0v) is 18.5. The minimum atomic E-state index is -0.103. The molecule has 2 fully saturated rings. The summed E-state index contributed by atoms with van der Waals surface area (Å²) in [5, 5.41) is 3.20. The van der Waals surface area contributed by atoms with Gasteiger partial charge in [0, 0.05) is 51.9 Å². The Bertz CT molecular complexity index is 909. The highest BCUT2D eigenvalue weighted by Crippen LogP contribution is 2.17. The summed E-state index contributed by atoms with van der Waals surface area (Å²) >= 11 is 0. The fourth-order valence-electron chi connectivity index (χ4n) is 4.35. The lowest BCUT2D eigenvalue weighted by Crippen LogP contribution is -2.55. The molecule has 0 radical (unpaired) electrons. The molecule has 0 unspecified atom stereocenters. The predicted molar refractivity (Wildman–Crippen MR) is 119 cm³/mol. The standard InChI is InChI=1S/C24H32N4O3/c1-18-5-3-4-6-20(18)17-26-11-9-21(10-12-26)25-24(30)28-15-13-27(14-16-28)23(29)22-8-7-19(2)31-22/h3-8,21H,9-17H2,1-2H3,(H,25,30). The molecule has 0 atom stereocenters. The second-order valence-electron chi connectivity index (χ2n) is 8.62. The average molecular weight is 425 g/mol. The Labute approximate surface area is 184 Å². The van der Waals surface area contributed by atoms with Crippen LogP contribution in [0.4, 0.5) is 4.79 Å². The van der Waals surface area contributed by atoms with Crippen LogP contribution in [0, 0.1) is 13.8 Å². The Hall–Kier alpha value is -2.80. The molecule has 0 aliphatic carbocycles. The number of likely N-dealkylation sites (tertiary alicyclic amines) is 1. The Morgan fingerprint density at radius 1 is 0.935 bits per heavy atom. The summed E-state index contributed by atoms with van der Waals surface area (Å²) in [7, 11) is 0. The van der Waals surface area contributed by atoms with E-state index in [1.165, 1.54) is 11.1 Å². The van der Waals surface area contributed by atoms with Crippen molar-refractivity contribution in [1.82, 2.24) is 20.0 Å². The molecular formula is C24H32N4O3. The average Bonchev–Trinajstić information content (AvgIpc) is 3.22. The molecule has 4 rings (SSSR count). The van der Waals surface area contributed by atoms with Crippen LogP contribution >= 0.6 is 0 Å². The van der Waals surface area contributed by atoms with Crippen molar-refractivity contribution in [2.75, 3.05) is 39.3 Å². The lowest BCUT2D eigenvalue weighted by atomic mass is 10.0. The Kier molecular flexibility index (Phi) is 6.61. The van der Waals surface area contributed by atoms with Crippen molar-refractivity contribution in [1.29, 1.82) is 0 Å². The van der Waals surface area contributed by atoms with E-state index in [-0.39, 0.29) is 18.0 Å². The fourth-order valence-corrected chi connectivity index (χ4v) is 4.35. The number of hydrogen-bond donors (Lipinski definition) is 1. The number of benzene rings is 1. The van der Waals surface area contributed by atoms with Crippen molar-refractivity contribution in [3.8, 4) is 0 Å². The molecule has 1 N–H and O–H groups in total. The maximum atomic E-state index is 12.7. The molecule has 2 aliphatic heterocycles. The SMILES string of the molecule is Cc1ccc(C(=O)N2CCN(C(=O)NC3CCN(Cc4ccccc4C)CC3)CC2)o1. The Morgan fingerprint density at radius 3 is 2.26 bits per heavy atom. The molecule has 0 saturated carbocycles. The first-order valence-corrected chi connectivity index (χ1v) is 11.2. The number of carbonyl (C=O) groups excluding carboxylic acids is 2. The number of nitrogens with one attached hydrogen (secondary N) is 1. The van der Waals surface area contributed by atoms with Crippen molar-refractivity contribution in [3.05, 3.63) is 59.0 Å². The largest absolute Gasteiger partial charge is 0.456 e. The molecule has 3 heterocycles. The number of hydrogen-bond acceptors (Lipinski definition) is 4. The van der Waals surface area contributed by atoms with Gasteiger partial charge in [-0.3, -0.25) is 9.69 Å². The number of furan rings is 1. The third kappa shape index (κ3) is 5.28. The number of rotatable bonds is 4. The fraction of sp³-hybridized carbons (Fsp3) is 0.500. The minimum Gasteiger partial charge on any atom is -0.456 e. The first-order valence-electron chi connectivity index (χ1n) is 11.2. The predicted octanol–water partition coefficient (Wildman–Crippen LogP) is 3.03. The van der Waals surface area contributed by atoms with E-state index in [0.29, 0.717) is 31.9 Å². The molecule has 1 aromatic heterocycles. The number of piperidine rings is 1. The molecule has 3 amide bonds. The number of aryl methyl sites for hydroxylation is 2. The van der Waals surface area contributed by atoms with Gasteiger partial charge < -0.3 is 19.5 Å². The van der Waals surface area contributed by atoms with Crippen LogP contribution in [-0.2, 0) is 6.54 Å². The monoisotopic (exact) mass is 424 g/mol. The van der Waals surface area contributed by atoms with Gasteiger partial charge in [0.2, 0.25) is 0 Å². The third-order valence-corrected chi connectivity index (χ3v) is 6.38. The van der Waals surface area contributed by atoms with E-state index in [0.717, 1.165) is 38.2 Å². The quantitative estimate of drug-likeness (QED) is 0.819. The Balaban J connectivity index is 1.19. The molecule has 0 bridgehead atoms. The van der Waals surface area contributed by atoms with Gasteiger partial charge in [0.15, 0.2) is 5.76 Å². The van der Waals surface area contributed by atoms with E-state index >= 15 is 0 Å². The third-order valence-electron chi connectivity index (χ3n) is 6.38. The molecule has 1 aromatic carbocycles. The normalized spacial score (nSPS) is 18.3. The van der Waals surface area contributed by atoms with Gasteiger partial charge in [-0.25, -0.2) is 4.79 Å². The second kappa shape index (κ2) is 9.56. The second-order valence-corrected chi connectivity index (χ2v) is 8.62. The summed E-state index contributed by atoms with van der Waals surface area (Å²) in [6, 6.07) is 12.2. The molecule has 166 valence electrons. The minimum absolute atomic E-state index is 0.0155. The van der Waals surface area contributed by atoms with Gasteiger partial charge in [-0.1, -0.05) is 24.3 Å². The zero-order valence-electron chi connectivity index (χ0n) is 18.5. The number of carbonyl (C=O) groups is 2. The van der Waals surface area contributed by atoms with E-state index in [1.54, 1.807) is 17.0 Å². The molecule has 31 heavy (non-hydrogen) atoms. The van der Waals surface area contributed by atoms with Crippen molar-refractivity contribution >= 4 is 11.9 Å². The van der Waals surface area contributed by atoms with Gasteiger partial charge in [0.1, 0.15) is 5.76 Å². The van der Waals surface area contributed by atoms with Crippen molar-refractivity contribution < 1.29 is 14.0 Å². The van der Waals surface area contributed by atoms with E-state index in [1.807, 2.05) is 11.8 Å². The van der Waals surface area contributed by atoms with Gasteiger partial charge in [0.25, 0.3) is 5.91 Å². The van der Waals surface area contributed by atoms with Crippen molar-refractivity contribution in [2.45, 2.75) is 39.3 Å². The molecule has 2 aliphatic rings. The number of piperazine rings is 1. The summed E-state index contributed by atoms with van der Waals surface area (Å²) < 4.78 is 5.44. The van der Waals surface area contributed by atoms with E-state index in [9.17, 15) is 9.59 Å².